The Bertz CT molecular complexity index is 1400. The molecule has 0 radical (unpaired) electrons. The van der Waals surface area contributed by atoms with Crippen molar-refractivity contribution in [3.8, 4) is 11.8 Å². The Morgan fingerprint density at radius 2 is 1.89 bits per heavy atom. The van der Waals surface area contributed by atoms with Crippen LogP contribution in [0, 0.1) is 11.3 Å². The zero-order valence-electron chi connectivity index (χ0n) is 18.3. The number of alkyl halides is 3. The Balaban J connectivity index is 1.80. The molecule has 2 aliphatic heterocycles. The number of amides is 1. The van der Waals surface area contributed by atoms with Crippen LogP contribution in [-0.4, -0.2) is 48.5 Å². The first-order valence-electron chi connectivity index (χ1n) is 10.2. The predicted octanol–water partition coefficient (Wildman–Crippen LogP) is 3.02. The van der Waals surface area contributed by atoms with Crippen LogP contribution in [0.25, 0.3) is 0 Å². The summed E-state index contributed by atoms with van der Waals surface area (Å²) in [7, 11) is -3.83. The molecule has 0 bridgehead atoms. The van der Waals surface area contributed by atoms with Crippen LogP contribution >= 0.6 is 12.2 Å². The first kappa shape index (κ1) is 24.9. The average molecular weight is 526 g/mol. The summed E-state index contributed by atoms with van der Waals surface area (Å²) in [5.74, 6) is -1.05. The Morgan fingerprint density at radius 1 is 1.23 bits per heavy atom. The highest BCUT2D eigenvalue weighted by molar-refractivity contribution is 7.91. The molecule has 1 amide bonds. The van der Waals surface area contributed by atoms with Crippen LogP contribution in [0.1, 0.15) is 25.0 Å². The van der Waals surface area contributed by atoms with Crippen molar-refractivity contribution >= 4 is 44.4 Å². The van der Waals surface area contributed by atoms with Crippen molar-refractivity contribution in [1.82, 2.24) is 0 Å². The summed E-state index contributed by atoms with van der Waals surface area (Å²) in [6.07, 6.45) is -5.75. The van der Waals surface area contributed by atoms with Crippen LogP contribution in [-0.2, 0) is 20.8 Å². The zero-order chi connectivity index (χ0) is 25.9. The monoisotopic (exact) mass is 525 g/mol. The van der Waals surface area contributed by atoms with E-state index in [1.54, 1.807) is 0 Å². The summed E-state index contributed by atoms with van der Waals surface area (Å²) >= 11 is 5.47. The van der Waals surface area contributed by atoms with Gasteiger partial charge in [-0.2, -0.15) is 18.4 Å². The number of nitrogens with zero attached hydrogens (tertiary/aromatic N) is 3. The third-order valence-electron chi connectivity index (χ3n) is 5.78. The molecule has 13 heteroatoms. The second-order valence-electron chi connectivity index (χ2n) is 8.49. The molecule has 184 valence electrons. The van der Waals surface area contributed by atoms with Crippen LogP contribution in [0.4, 0.5) is 24.5 Å². The SMILES string of the molecule is CC1(C)C(=O)N(c2ccc(C#N)c(C(F)(F)F)c2)C(=S)N1c1ccc2c(c1)S(=O)(=O)CC(CO)O2. The first-order valence-corrected chi connectivity index (χ1v) is 12.2. The number of fused-ring (bicyclic) bond motifs is 1. The van der Waals surface area contributed by atoms with Gasteiger partial charge in [-0.05, 0) is 62.5 Å². The summed E-state index contributed by atoms with van der Waals surface area (Å²) in [5, 5.41) is 18.2. The summed E-state index contributed by atoms with van der Waals surface area (Å²) in [6, 6.07) is 8.45. The molecule has 1 atom stereocenters. The number of ether oxygens (including phenoxy) is 1. The molecule has 1 unspecified atom stereocenters. The average Bonchev–Trinajstić information content (AvgIpc) is 2.95. The first-order chi connectivity index (χ1) is 16.2. The molecule has 0 spiro atoms. The number of thiocarbonyl (C=S) groups is 1. The maximum absolute atomic E-state index is 13.5. The van der Waals surface area contributed by atoms with E-state index in [2.05, 4.69) is 0 Å². The molecule has 2 aromatic rings. The van der Waals surface area contributed by atoms with Gasteiger partial charge in [0.05, 0.1) is 35.2 Å². The van der Waals surface area contributed by atoms with Crippen LogP contribution in [0.3, 0.4) is 0 Å². The van der Waals surface area contributed by atoms with Crippen molar-refractivity contribution in [2.45, 2.75) is 36.6 Å². The largest absolute Gasteiger partial charge is 0.486 e. The molecule has 1 saturated heterocycles. The van der Waals surface area contributed by atoms with Crippen molar-refractivity contribution in [3.63, 3.8) is 0 Å². The van der Waals surface area contributed by atoms with E-state index in [0.29, 0.717) is 6.07 Å². The number of rotatable bonds is 3. The van der Waals surface area contributed by atoms with E-state index in [0.717, 1.165) is 11.0 Å². The second-order valence-corrected chi connectivity index (χ2v) is 10.9. The fourth-order valence-corrected chi connectivity index (χ4v) is 6.16. The molecule has 4 rings (SSSR count). The minimum Gasteiger partial charge on any atom is -0.486 e. The summed E-state index contributed by atoms with van der Waals surface area (Å²) < 4.78 is 71.5. The zero-order valence-corrected chi connectivity index (χ0v) is 20.0. The molecular formula is C22H18F3N3O5S2. The highest BCUT2D eigenvalue weighted by Gasteiger charge is 2.51. The summed E-state index contributed by atoms with van der Waals surface area (Å²) in [6.45, 7) is 2.52. The van der Waals surface area contributed by atoms with E-state index in [-0.39, 0.29) is 27.1 Å². The number of carbonyl (C=O) groups excluding carboxylic acids is 1. The lowest BCUT2D eigenvalue weighted by Gasteiger charge is -2.31. The van der Waals surface area contributed by atoms with E-state index in [4.69, 9.17) is 22.2 Å². The third kappa shape index (κ3) is 4.01. The van der Waals surface area contributed by atoms with Gasteiger partial charge in [0.1, 0.15) is 22.3 Å². The molecule has 2 aromatic carbocycles. The Hall–Kier alpha value is -3.21. The van der Waals surface area contributed by atoms with E-state index >= 15 is 0 Å². The number of anilines is 2. The molecule has 1 fully saturated rings. The van der Waals surface area contributed by atoms with Crippen LogP contribution in [0.2, 0.25) is 0 Å². The standard InChI is InChI=1S/C22H18F3N3O5S2/c1-21(2)19(30)27(13-4-3-12(9-26)16(7-13)22(23,24)25)20(34)28(21)14-5-6-17-18(8-14)35(31,32)11-15(10-29)33-17/h3-8,15,29H,10-11H2,1-2H3. The van der Waals surface area contributed by atoms with Gasteiger partial charge in [-0.25, -0.2) is 8.42 Å². The van der Waals surface area contributed by atoms with Gasteiger partial charge < -0.3 is 14.7 Å². The number of aliphatic hydroxyl groups is 1. The number of aliphatic hydroxyl groups excluding tert-OH is 1. The van der Waals surface area contributed by atoms with Gasteiger partial charge in [-0.15, -0.1) is 0 Å². The van der Waals surface area contributed by atoms with E-state index in [1.165, 1.54) is 49.1 Å². The van der Waals surface area contributed by atoms with Crippen molar-refractivity contribution in [3.05, 3.63) is 47.5 Å². The maximum atomic E-state index is 13.5. The number of sulfone groups is 1. The van der Waals surface area contributed by atoms with Crippen LogP contribution in [0.5, 0.6) is 5.75 Å². The Kier molecular flexibility index (Phi) is 5.82. The molecule has 1 N–H and O–H groups in total. The number of halogens is 3. The third-order valence-corrected chi connectivity index (χ3v) is 7.94. The number of nitriles is 1. The van der Waals surface area contributed by atoms with E-state index in [1.807, 2.05) is 0 Å². The van der Waals surface area contributed by atoms with Gasteiger partial charge in [0.2, 0.25) is 0 Å². The van der Waals surface area contributed by atoms with Crippen LogP contribution in [0.15, 0.2) is 41.3 Å². The smallest absolute Gasteiger partial charge is 0.417 e. The van der Waals surface area contributed by atoms with Crippen molar-refractivity contribution in [2.24, 2.45) is 0 Å². The van der Waals surface area contributed by atoms with Gasteiger partial charge in [0.15, 0.2) is 14.9 Å². The predicted molar refractivity (Wildman–Crippen MR) is 123 cm³/mol. The maximum Gasteiger partial charge on any atom is 0.417 e. The molecule has 35 heavy (non-hydrogen) atoms. The second kappa shape index (κ2) is 8.18. The Morgan fingerprint density at radius 3 is 2.49 bits per heavy atom. The normalized spacial score (nSPS) is 20.9. The van der Waals surface area contributed by atoms with Gasteiger partial charge in [-0.1, -0.05) is 0 Å². The number of carbonyl (C=O) groups is 1. The topological polar surface area (TPSA) is 111 Å². The van der Waals surface area contributed by atoms with Gasteiger partial charge in [-0.3, -0.25) is 9.69 Å². The Labute approximate surface area is 204 Å². The van der Waals surface area contributed by atoms with Crippen molar-refractivity contribution in [1.29, 1.82) is 5.26 Å². The quantitative estimate of drug-likeness (QED) is 0.609. The van der Waals surface area contributed by atoms with Crippen LogP contribution < -0.4 is 14.5 Å². The van der Waals surface area contributed by atoms with Crippen molar-refractivity contribution < 1.29 is 36.2 Å². The highest BCUT2D eigenvalue weighted by atomic mass is 32.2. The van der Waals surface area contributed by atoms with Crippen molar-refractivity contribution in [2.75, 3.05) is 22.2 Å². The molecule has 2 heterocycles. The lowest BCUT2D eigenvalue weighted by atomic mass is 10.0. The molecule has 0 saturated carbocycles. The number of benzene rings is 2. The van der Waals surface area contributed by atoms with Gasteiger partial charge in [0, 0.05) is 5.69 Å². The minimum atomic E-state index is -4.83. The summed E-state index contributed by atoms with van der Waals surface area (Å²) in [4.78, 5) is 15.4. The van der Waals surface area contributed by atoms with Gasteiger partial charge in [0.25, 0.3) is 5.91 Å². The summed E-state index contributed by atoms with van der Waals surface area (Å²) in [5.41, 5.74) is -3.16. The number of hydrogen-bond acceptors (Lipinski definition) is 7. The molecule has 0 aromatic heterocycles. The lowest BCUT2D eigenvalue weighted by Crippen LogP contribution is -2.44. The molecule has 8 nitrogen and oxygen atoms in total. The fraction of sp³-hybridized carbons (Fsp3) is 0.318. The fourth-order valence-electron chi connectivity index (χ4n) is 4.07. The number of hydrogen-bond donors (Lipinski definition) is 1. The molecular weight excluding hydrogens is 507 g/mol. The minimum absolute atomic E-state index is 0.0343. The lowest BCUT2D eigenvalue weighted by molar-refractivity contribution is -0.137. The molecule has 0 aliphatic carbocycles. The van der Waals surface area contributed by atoms with E-state index < -0.39 is 57.1 Å². The highest BCUT2D eigenvalue weighted by Crippen LogP contribution is 2.42. The van der Waals surface area contributed by atoms with Gasteiger partial charge >= 0.3 is 6.18 Å². The molecule has 2 aliphatic rings. The van der Waals surface area contributed by atoms with E-state index in [9.17, 15) is 31.5 Å².